The van der Waals surface area contributed by atoms with Crippen LogP contribution in [0, 0.1) is 0 Å². The zero-order valence-corrected chi connectivity index (χ0v) is 23.5. The minimum absolute atomic E-state index is 0.107. The SMILES string of the molecule is CCOc1ccc(CCC(=O)N(Cc2c(Cl)cccc2Cl)C(Cc2ccccc2)C(=O)NC)cc1OCC. The van der Waals surface area contributed by atoms with Crippen molar-refractivity contribution >= 4 is 35.0 Å². The molecule has 3 aromatic carbocycles. The van der Waals surface area contributed by atoms with Crippen LogP contribution < -0.4 is 14.8 Å². The van der Waals surface area contributed by atoms with E-state index in [-0.39, 0.29) is 24.8 Å². The molecule has 0 aliphatic carbocycles. The van der Waals surface area contributed by atoms with Gasteiger partial charge in [-0.3, -0.25) is 9.59 Å². The van der Waals surface area contributed by atoms with Crippen LogP contribution in [0.4, 0.5) is 0 Å². The summed E-state index contributed by atoms with van der Waals surface area (Å²) in [5.74, 6) is 0.871. The second-order valence-electron chi connectivity index (χ2n) is 8.69. The monoisotopic (exact) mass is 556 g/mol. The number of rotatable bonds is 13. The molecule has 38 heavy (non-hydrogen) atoms. The summed E-state index contributed by atoms with van der Waals surface area (Å²) in [5.41, 5.74) is 2.48. The van der Waals surface area contributed by atoms with Crippen LogP contribution in [0.5, 0.6) is 11.5 Å². The van der Waals surface area contributed by atoms with Gasteiger partial charge in [0.1, 0.15) is 6.04 Å². The summed E-state index contributed by atoms with van der Waals surface area (Å²) >= 11 is 12.9. The summed E-state index contributed by atoms with van der Waals surface area (Å²) in [6.07, 6.45) is 1.000. The summed E-state index contributed by atoms with van der Waals surface area (Å²) in [5, 5.41) is 3.61. The predicted molar refractivity (Wildman–Crippen MR) is 152 cm³/mol. The normalized spacial score (nSPS) is 11.5. The molecule has 0 bridgehead atoms. The van der Waals surface area contributed by atoms with Crippen molar-refractivity contribution in [3.05, 3.63) is 93.5 Å². The average molecular weight is 558 g/mol. The number of hydrogen-bond donors (Lipinski definition) is 1. The Morgan fingerprint density at radius 3 is 2.16 bits per heavy atom. The van der Waals surface area contributed by atoms with Crippen molar-refractivity contribution in [1.82, 2.24) is 10.2 Å². The third-order valence-corrected chi connectivity index (χ3v) is 6.85. The van der Waals surface area contributed by atoms with E-state index in [1.165, 1.54) is 0 Å². The first-order chi connectivity index (χ1) is 18.4. The number of amides is 2. The molecule has 1 atom stereocenters. The molecular formula is C30H34Cl2N2O4. The van der Waals surface area contributed by atoms with Crippen molar-refractivity contribution < 1.29 is 19.1 Å². The molecule has 0 heterocycles. The minimum Gasteiger partial charge on any atom is -0.490 e. The number of nitrogens with one attached hydrogen (secondary N) is 1. The van der Waals surface area contributed by atoms with Crippen LogP contribution in [-0.4, -0.2) is 43.0 Å². The lowest BCUT2D eigenvalue weighted by atomic mass is 10.0. The van der Waals surface area contributed by atoms with E-state index < -0.39 is 6.04 Å². The van der Waals surface area contributed by atoms with E-state index in [0.717, 1.165) is 11.1 Å². The van der Waals surface area contributed by atoms with E-state index in [1.807, 2.05) is 62.4 Å². The molecule has 3 aromatic rings. The zero-order valence-electron chi connectivity index (χ0n) is 22.0. The molecule has 0 radical (unpaired) electrons. The molecule has 202 valence electrons. The number of hydrogen-bond acceptors (Lipinski definition) is 4. The number of nitrogens with zero attached hydrogens (tertiary/aromatic N) is 1. The maximum atomic E-state index is 13.8. The van der Waals surface area contributed by atoms with E-state index in [1.54, 1.807) is 30.1 Å². The number of benzene rings is 3. The van der Waals surface area contributed by atoms with Gasteiger partial charge in [0.25, 0.3) is 0 Å². The predicted octanol–water partition coefficient (Wildman–Crippen LogP) is 6.11. The van der Waals surface area contributed by atoms with Crippen molar-refractivity contribution in [2.24, 2.45) is 0 Å². The van der Waals surface area contributed by atoms with E-state index in [2.05, 4.69) is 5.32 Å². The first-order valence-corrected chi connectivity index (χ1v) is 13.5. The molecule has 0 aliphatic rings. The summed E-state index contributed by atoms with van der Waals surface area (Å²) in [7, 11) is 1.57. The first kappa shape index (κ1) is 29.3. The lowest BCUT2D eigenvalue weighted by Gasteiger charge is -2.32. The summed E-state index contributed by atoms with van der Waals surface area (Å²) in [6.45, 7) is 4.97. The van der Waals surface area contributed by atoms with Gasteiger partial charge in [0.15, 0.2) is 11.5 Å². The maximum Gasteiger partial charge on any atom is 0.242 e. The van der Waals surface area contributed by atoms with Crippen LogP contribution in [0.25, 0.3) is 0 Å². The van der Waals surface area contributed by atoms with E-state index in [4.69, 9.17) is 32.7 Å². The van der Waals surface area contributed by atoms with E-state index in [9.17, 15) is 9.59 Å². The number of carbonyl (C=O) groups is 2. The minimum atomic E-state index is -0.749. The van der Waals surface area contributed by atoms with Crippen LogP contribution in [0.15, 0.2) is 66.7 Å². The number of aryl methyl sites for hydroxylation is 1. The third kappa shape index (κ3) is 7.89. The Labute approximate surface area is 234 Å². The van der Waals surface area contributed by atoms with E-state index in [0.29, 0.717) is 53.2 Å². The van der Waals surface area contributed by atoms with Gasteiger partial charge in [-0.25, -0.2) is 0 Å². The van der Waals surface area contributed by atoms with Crippen molar-refractivity contribution in [2.45, 2.75) is 45.7 Å². The summed E-state index contributed by atoms with van der Waals surface area (Å²) < 4.78 is 11.4. The smallest absolute Gasteiger partial charge is 0.242 e. The fourth-order valence-corrected chi connectivity index (χ4v) is 4.74. The summed E-state index contributed by atoms with van der Waals surface area (Å²) in [6, 6.07) is 19.8. The van der Waals surface area contributed by atoms with Crippen LogP contribution in [0.2, 0.25) is 10.0 Å². The maximum absolute atomic E-state index is 13.8. The Morgan fingerprint density at radius 1 is 0.868 bits per heavy atom. The quantitative estimate of drug-likeness (QED) is 0.276. The average Bonchev–Trinajstić information content (AvgIpc) is 2.92. The molecular weight excluding hydrogens is 523 g/mol. The molecule has 3 rings (SSSR count). The highest BCUT2D eigenvalue weighted by Gasteiger charge is 2.30. The van der Waals surface area contributed by atoms with Gasteiger partial charge in [0.2, 0.25) is 11.8 Å². The third-order valence-electron chi connectivity index (χ3n) is 6.14. The Bertz CT molecular complexity index is 1200. The molecule has 0 aromatic heterocycles. The molecule has 0 aliphatic heterocycles. The van der Waals surface area contributed by atoms with Crippen molar-refractivity contribution in [3.63, 3.8) is 0 Å². The Morgan fingerprint density at radius 2 is 1.53 bits per heavy atom. The van der Waals surface area contributed by atoms with Crippen LogP contribution in [-0.2, 0) is 29.0 Å². The van der Waals surface area contributed by atoms with Gasteiger partial charge in [-0.15, -0.1) is 0 Å². The van der Waals surface area contributed by atoms with Gasteiger partial charge in [-0.1, -0.05) is 65.7 Å². The molecule has 1 unspecified atom stereocenters. The Kier molecular flexibility index (Phi) is 11.3. The number of halogens is 2. The van der Waals surface area contributed by atoms with Crippen LogP contribution >= 0.6 is 23.2 Å². The number of likely N-dealkylation sites (N-methyl/N-ethyl adjacent to an activating group) is 1. The molecule has 0 fully saturated rings. The molecule has 1 N–H and O–H groups in total. The fourth-order valence-electron chi connectivity index (χ4n) is 4.22. The largest absolute Gasteiger partial charge is 0.490 e. The lowest BCUT2D eigenvalue weighted by Crippen LogP contribution is -2.49. The topological polar surface area (TPSA) is 67.9 Å². The van der Waals surface area contributed by atoms with Gasteiger partial charge < -0.3 is 19.7 Å². The molecule has 0 spiro atoms. The van der Waals surface area contributed by atoms with Crippen LogP contribution in [0.1, 0.15) is 37.0 Å². The van der Waals surface area contributed by atoms with Gasteiger partial charge in [0, 0.05) is 42.0 Å². The Balaban J connectivity index is 1.90. The summed E-state index contributed by atoms with van der Waals surface area (Å²) in [4.78, 5) is 28.5. The number of ether oxygens (including phenoxy) is 2. The molecule has 8 heteroatoms. The number of carbonyl (C=O) groups excluding carboxylic acids is 2. The van der Waals surface area contributed by atoms with Crippen molar-refractivity contribution in [3.8, 4) is 11.5 Å². The highest BCUT2D eigenvalue weighted by atomic mass is 35.5. The fraction of sp³-hybridized carbons (Fsp3) is 0.333. The molecule has 0 saturated carbocycles. The standard InChI is InChI=1S/C30H34Cl2N2O4/c1-4-37-27-16-14-22(19-28(27)38-5-2)15-17-29(35)34(20-23-24(31)12-9-13-25(23)32)26(30(36)33-3)18-21-10-7-6-8-11-21/h6-14,16,19,26H,4-5,15,17-18,20H2,1-3H3,(H,33,36). The van der Waals surface area contributed by atoms with Crippen molar-refractivity contribution in [2.75, 3.05) is 20.3 Å². The molecule has 6 nitrogen and oxygen atoms in total. The zero-order chi connectivity index (χ0) is 27.5. The van der Waals surface area contributed by atoms with Gasteiger partial charge in [0.05, 0.1) is 13.2 Å². The second kappa shape index (κ2) is 14.6. The van der Waals surface area contributed by atoms with Gasteiger partial charge >= 0.3 is 0 Å². The highest BCUT2D eigenvalue weighted by molar-refractivity contribution is 6.36. The van der Waals surface area contributed by atoms with Gasteiger partial charge in [-0.05, 0) is 55.7 Å². The molecule has 0 saturated heterocycles. The Hall–Kier alpha value is -3.22. The highest BCUT2D eigenvalue weighted by Crippen LogP contribution is 2.30. The van der Waals surface area contributed by atoms with Crippen LogP contribution in [0.3, 0.4) is 0 Å². The van der Waals surface area contributed by atoms with Gasteiger partial charge in [-0.2, -0.15) is 0 Å². The molecule has 2 amide bonds. The second-order valence-corrected chi connectivity index (χ2v) is 9.50. The first-order valence-electron chi connectivity index (χ1n) is 12.7. The lowest BCUT2D eigenvalue weighted by molar-refractivity contribution is -0.141. The van der Waals surface area contributed by atoms with Crippen molar-refractivity contribution in [1.29, 1.82) is 0 Å². The van der Waals surface area contributed by atoms with E-state index >= 15 is 0 Å².